The minimum atomic E-state index is -0.189. The van der Waals surface area contributed by atoms with Crippen LogP contribution in [0.3, 0.4) is 0 Å². The molecule has 0 fully saturated rings. The van der Waals surface area contributed by atoms with Crippen molar-refractivity contribution in [3.05, 3.63) is 70.5 Å². The quantitative estimate of drug-likeness (QED) is 0.861. The molecule has 2 heteroatoms. The lowest BCUT2D eigenvalue weighted by molar-refractivity contribution is 0.570. The molecular weight excluding hydrogens is 237 g/mol. The van der Waals surface area contributed by atoms with Crippen LogP contribution in [0.15, 0.2) is 42.5 Å². The third-order valence-electron chi connectivity index (χ3n) is 3.47. The lowest BCUT2D eigenvalue weighted by Crippen LogP contribution is -2.18. The standard InChI is InChI=1S/C17H20FN/c1-12-4-5-13(2)16(10-12)11-19-14(3)15-6-8-17(18)9-7-15/h4-10,14,19H,11H2,1-3H3/t14-/m1/s1. The van der Waals surface area contributed by atoms with Crippen LogP contribution in [0.2, 0.25) is 0 Å². The van der Waals surface area contributed by atoms with E-state index in [9.17, 15) is 4.39 Å². The lowest BCUT2D eigenvalue weighted by atomic mass is 10.0. The fourth-order valence-electron chi connectivity index (χ4n) is 2.12. The van der Waals surface area contributed by atoms with Crippen molar-refractivity contribution in [2.45, 2.75) is 33.4 Å². The molecule has 0 spiro atoms. The van der Waals surface area contributed by atoms with Crippen LogP contribution in [-0.2, 0) is 6.54 Å². The summed E-state index contributed by atoms with van der Waals surface area (Å²) in [7, 11) is 0. The molecule has 100 valence electrons. The summed E-state index contributed by atoms with van der Waals surface area (Å²) in [5.74, 6) is -0.189. The Morgan fingerprint density at radius 1 is 1.05 bits per heavy atom. The molecule has 2 aromatic rings. The molecule has 1 N–H and O–H groups in total. The average Bonchev–Trinajstić information content (AvgIpc) is 2.40. The number of aryl methyl sites for hydroxylation is 2. The van der Waals surface area contributed by atoms with Crippen molar-refractivity contribution in [1.82, 2.24) is 5.32 Å². The SMILES string of the molecule is Cc1ccc(C)c(CN[C@H](C)c2ccc(F)cc2)c1. The lowest BCUT2D eigenvalue weighted by Gasteiger charge is -2.16. The number of halogens is 1. The van der Waals surface area contributed by atoms with Crippen LogP contribution in [0, 0.1) is 19.7 Å². The fraction of sp³-hybridized carbons (Fsp3) is 0.294. The molecule has 1 nitrogen and oxygen atoms in total. The zero-order valence-corrected chi connectivity index (χ0v) is 11.7. The van der Waals surface area contributed by atoms with Gasteiger partial charge in [0, 0.05) is 12.6 Å². The monoisotopic (exact) mass is 257 g/mol. The summed E-state index contributed by atoms with van der Waals surface area (Å²) in [6, 6.07) is 13.4. The van der Waals surface area contributed by atoms with E-state index in [1.165, 1.54) is 28.8 Å². The third-order valence-corrected chi connectivity index (χ3v) is 3.47. The molecule has 1 atom stereocenters. The molecule has 2 rings (SSSR count). The van der Waals surface area contributed by atoms with E-state index < -0.39 is 0 Å². The first-order valence-electron chi connectivity index (χ1n) is 6.61. The second-order valence-electron chi connectivity index (χ2n) is 5.08. The maximum Gasteiger partial charge on any atom is 0.123 e. The molecule has 0 radical (unpaired) electrons. The molecule has 19 heavy (non-hydrogen) atoms. The highest BCUT2D eigenvalue weighted by atomic mass is 19.1. The van der Waals surface area contributed by atoms with Gasteiger partial charge in [0.25, 0.3) is 0 Å². The topological polar surface area (TPSA) is 12.0 Å². The molecule has 2 aromatic carbocycles. The van der Waals surface area contributed by atoms with E-state index >= 15 is 0 Å². The Balaban J connectivity index is 2.02. The number of nitrogens with one attached hydrogen (secondary N) is 1. The maximum absolute atomic E-state index is 12.9. The minimum Gasteiger partial charge on any atom is -0.306 e. The molecule has 0 saturated heterocycles. The highest BCUT2D eigenvalue weighted by molar-refractivity contribution is 5.30. The first kappa shape index (κ1) is 13.8. The van der Waals surface area contributed by atoms with Crippen LogP contribution in [-0.4, -0.2) is 0 Å². The summed E-state index contributed by atoms with van der Waals surface area (Å²) >= 11 is 0. The summed E-state index contributed by atoms with van der Waals surface area (Å²) < 4.78 is 12.9. The number of rotatable bonds is 4. The van der Waals surface area contributed by atoms with Crippen LogP contribution in [0.25, 0.3) is 0 Å². The highest BCUT2D eigenvalue weighted by Gasteiger charge is 2.06. The number of benzene rings is 2. The van der Waals surface area contributed by atoms with E-state index in [2.05, 4.69) is 44.3 Å². The van der Waals surface area contributed by atoms with Gasteiger partial charge < -0.3 is 5.32 Å². The summed E-state index contributed by atoms with van der Waals surface area (Å²) in [5.41, 5.74) is 4.99. The molecule has 0 amide bonds. The molecule has 0 bridgehead atoms. The molecule has 0 aliphatic rings. The predicted octanol–water partition coefficient (Wildman–Crippen LogP) is 4.29. The van der Waals surface area contributed by atoms with E-state index in [-0.39, 0.29) is 11.9 Å². The van der Waals surface area contributed by atoms with E-state index in [0.29, 0.717) is 0 Å². The molecular formula is C17H20FN. The smallest absolute Gasteiger partial charge is 0.123 e. The number of hydrogen-bond acceptors (Lipinski definition) is 1. The van der Waals surface area contributed by atoms with Gasteiger partial charge in [0.05, 0.1) is 0 Å². The molecule has 0 aromatic heterocycles. The summed E-state index contributed by atoms with van der Waals surface area (Å²) in [6.07, 6.45) is 0. The zero-order chi connectivity index (χ0) is 13.8. The van der Waals surface area contributed by atoms with Gasteiger partial charge in [-0.25, -0.2) is 4.39 Å². The molecule has 0 unspecified atom stereocenters. The van der Waals surface area contributed by atoms with Crippen molar-refractivity contribution in [1.29, 1.82) is 0 Å². The van der Waals surface area contributed by atoms with Gasteiger partial charge in [0.1, 0.15) is 5.82 Å². The van der Waals surface area contributed by atoms with Gasteiger partial charge >= 0.3 is 0 Å². The van der Waals surface area contributed by atoms with Crippen molar-refractivity contribution in [3.63, 3.8) is 0 Å². The van der Waals surface area contributed by atoms with Crippen molar-refractivity contribution in [2.75, 3.05) is 0 Å². The fourth-order valence-corrected chi connectivity index (χ4v) is 2.12. The largest absolute Gasteiger partial charge is 0.306 e. The first-order chi connectivity index (χ1) is 9.06. The van der Waals surface area contributed by atoms with Gasteiger partial charge in [0.15, 0.2) is 0 Å². The zero-order valence-electron chi connectivity index (χ0n) is 11.7. The first-order valence-corrected chi connectivity index (χ1v) is 6.61. The van der Waals surface area contributed by atoms with E-state index in [0.717, 1.165) is 12.1 Å². The van der Waals surface area contributed by atoms with Crippen LogP contribution in [0.1, 0.15) is 35.2 Å². The second kappa shape index (κ2) is 5.98. The summed E-state index contributed by atoms with van der Waals surface area (Å²) in [5, 5.41) is 3.48. The molecule has 0 aliphatic heterocycles. The van der Waals surface area contributed by atoms with E-state index in [1.54, 1.807) is 0 Å². The van der Waals surface area contributed by atoms with E-state index in [1.807, 2.05) is 12.1 Å². The predicted molar refractivity (Wildman–Crippen MR) is 77.6 cm³/mol. The Morgan fingerprint density at radius 3 is 2.42 bits per heavy atom. The highest BCUT2D eigenvalue weighted by Crippen LogP contribution is 2.15. The van der Waals surface area contributed by atoms with Crippen LogP contribution in [0.5, 0.6) is 0 Å². The molecule has 0 aliphatic carbocycles. The Morgan fingerprint density at radius 2 is 1.74 bits per heavy atom. The Bertz CT molecular complexity index is 546. The van der Waals surface area contributed by atoms with Crippen molar-refractivity contribution >= 4 is 0 Å². The van der Waals surface area contributed by atoms with Crippen molar-refractivity contribution in [3.8, 4) is 0 Å². The van der Waals surface area contributed by atoms with Gasteiger partial charge in [-0.1, -0.05) is 35.9 Å². The van der Waals surface area contributed by atoms with Crippen molar-refractivity contribution in [2.24, 2.45) is 0 Å². The van der Waals surface area contributed by atoms with Gasteiger partial charge in [-0.3, -0.25) is 0 Å². The Labute approximate surface area is 114 Å². The summed E-state index contributed by atoms with van der Waals surface area (Å²) in [6.45, 7) is 7.15. The van der Waals surface area contributed by atoms with Crippen molar-refractivity contribution < 1.29 is 4.39 Å². The minimum absolute atomic E-state index is 0.189. The summed E-state index contributed by atoms with van der Waals surface area (Å²) in [4.78, 5) is 0. The third kappa shape index (κ3) is 3.65. The van der Waals surface area contributed by atoms with Crippen LogP contribution < -0.4 is 5.32 Å². The van der Waals surface area contributed by atoms with Gasteiger partial charge in [0.2, 0.25) is 0 Å². The van der Waals surface area contributed by atoms with Gasteiger partial charge in [-0.15, -0.1) is 0 Å². The van der Waals surface area contributed by atoms with Crippen LogP contribution in [0.4, 0.5) is 4.39 Å². The number of hydrogen-bond donors (Lipinski definition) is 1. The Kier molecular flexibility index (Phi) is 4.33. The van der Waals surface area contributed by atoms with Gasteiger partial charge in [-0.05, 0) is 49.6 Å². The Hall–Kier alpha value is -1.67. The normalized spacial score (nSPS) is 12.4. The van der Waals surface area contributed by atoms with E-state index in [4.69, 9.17) is 0 Å². The molecule has 0 saturated carbocycles. The van der Waals surface area contributed by atoms with Crippen LogP contribution >= 0.6 is 0 Å². The van der Waals surface area contributed by atoms with Gasteiger partial charge in [-0.2, -0.15) is 0 Å². The molecule has 0 heterocycles. The second-order valence-corrected chi connectivity index (χ2v) is 5.08. The average molecular weight is 257 g/mol. The maximum atomic E-state index is 12.9.